The number of carbonyl (C=O) groups is 2. The minimum atomic E-state index is -0.834. The quantitative estimate of drug-likeness (QED) is 0.578. The molecule has 0 heterocycles. The van der Waals surface area contributed by atoms with E-state index in [4.69, 9.17) is 11.5 Å². The third-order valence-electron chi connectivity index (χ3n) is 2.32. The molecule has 94 valence electrons. The van der Waals surface area contributed by atoms with Crippen molar-refractivity contribution in [3.05, 3.63) is 0 Å². The lowest BCUT2D eigenvalue weighted by molar-refractivity contribution is -0.126. The van der Waals surface area contributed by atoms with Crippen LogP contribution in [0.3, 0.4) is 0 Å². The van der Waals surface area contributed by atoms with E-state index in [1.165, 1.54) is 0 Å². The zero-order valence-corrected chi connectivity index (χ0v) is 10.3. The highest BCUT2D eigenvalue weighted by Crippen LogP contribution is 2.06. The summed E-state index contributed by atoms with van der Waals surface area (Å²) < 4.78 is 0. The molecule has 0 spiro atoms. The number of hydrogen-bond donors (Lipinski definition) is 3. The second kappa shape index (κ2) is 7.22. The number of hydrogen-bond acceptors (Lipinski definition) is 3. The van der Waals surface area contributed by atoms with Gasteiger partial charge in [-0.05, 0) is 25.7 Å². The van der Waals surface area contributed by atoms with Crippen LogP contribution in [0.4, 0.5) is 0 Å². The third-order valence-corrected chi connectivity index (χ3v) is 2.32. The summed E-state index contributed by atoms with van der Waals surface area (Å²) in [6.45, 7) is 6.19. The Morgan fingerprint density at radius 2 is 1.75 bits per heavy atom. The van der Waals surface area contributed by atoms with Crippen molar-refractivity contribution in [1.29, 1.82) is 0 Å². The van der Waals surface area contributed by atoms with Gasteiger partial charge in [0, 0.05) is 6.04 Å². The first-order valence-electron chi connectivity index (χ1n) is 5.67. The van der Waals surface area contributed by atoms with Crippen LogP contribution in [-0.2, 0) is 9.59 Å². The monoisotopic (exact) mass is 229 g/mol. The van der Waals surface area contributed by atoms with E-state index < -0.39 is 11.9 Å². The second-order valence-electron chi connectivity index (χ2n) is 4.66. The smallest absolute Gasteiger partial charge is 0.237 e. The van der Waals surface area contributed by atoms with Crippen molar-refractivity contribution in [3.8, 4) is 0 Å². The van der Waals surface area contributed by atoms with Gasteiger partial charge in [0.2, 0.25) is 11.8 Å². The summed E-state index contributed by atoms with van der Waals surface area (Å²) in [5, 5.41) is 2.77. The van der Waals surface area contributed by atoms with Crippen molar-refractivity contribution in [2.75, 3.05) is 0 Å². The van der Waals surface area contributed by atoms with Crippen LogP contribution in [0.5, 0.6) is 0 Å². The van der Waals surface area contributed by atoms with E-state index in [2.05, 4.69) is 19.2 Å². The third kappa shape index (κ3) is 7.23. The van der Waals surface area contributed by atoms with E-state index in [1.54, 1.807) is 0 Å². The minimum Gasteiger partial charge on any atom is -0.370 e. The van der Waals surface area contributed by atoms with E-state index in [0.29, 0.717) is 5.92 Å². The van der Waals surface area contributed by atoms with Gasteiger partial charge < -0.3 is 16.8 Å². The summed E-state index contributed by atoms with van der Waals surface area (Å²) in [5.74, 6) is -0.258. The van der Waals surface area contributed by atoms with Crippen molar-refractivity contribution in [2.45, 2.75) is 52.1 Å². The van der Waals surface area contributed by atoms with Crippen molar-refractivity contribution in [2.24, 2.45) is 17.4 Å². The Hall–Kier alpha value is -1.10. The molecule has 0 aromatic heterocycles. The van der Waals surface area contributed by atoms with Crippen molar-refractivity contribution < 1.29 is 9.59 Å². The molecule has 5 N–H and O–H groups in total. The Morgan fingerprint density at radius 3 is 2.19 bits per heavy atom. The van der Waals surface area contributed by atoms with E-state index in [0.717, 1.165) is 12.8 Å². The summed E-state index contributed by atoms with van der Waals surface area (Å²) in [4.78, 5) is 22.1. The first-order valence-corrected chi connectivity index (χ1v) is 5.67. The number of primary amides is 1. The topological polar surface area (TPSA) is 98.2 Å². The Morgan fingerprint density at radius 1 is 1.19 bits per heavy atom. The highest BCUT2D eigenvalue weighted by Gasteiger charge is 2.17. The molecule has 0 radical (unpaired) electrons. The van der Waals surface area contributed by atoms with Gasteiger partial charge in [0.25, 0.3) is 0 Å². The zero-order valence-electron chi connectivity index (χ0n) is 10.3. The van der Waals surface area contributed by atoms with E-state index in [1.807, 2.05) is 6.92 Å². The van der Waals surface area contributed by atoms with Crippen LogP contribution < -0.4 is 16.8 Å². The van der Waals surface area contributed by atoms with Crippen LogP contribution in [0.25, 0.3) is 0 Å². The number of nitrogens with one attached hydrogen (secondary N) is 1. The van der Waals surface area contributed by atoms with Crippen molar-refractivity contribution >= 4 is 11.8 Å². The number of nitrogens with two attached hydrogens (primary N) is 2. The first-order chi connectivity index (χ1) is 7.32. The normalized spacial score (nSPS) is 14.6. The summed E-state index contributed by atoms with van der Waals surface area (Å²) in [6, 6.07) is -0.757. The fourth-order valence-electron chi connectivity index (χ4n) is 1.31. The van der Waals surface area contributed by atoms with Crippen LogP contribution in [-0.4, -0.2) is 23.9 Å². The largest absolute Gasteiger partial charge is 0.370 e. The SMILES string of the molecule is CC(C)CCC(C)NC(=O)C(N)CC(N)=O. The van der Waals surface area contributed by atoms with Gasteiger partial charge in [-0.2, -0.15) is 0 Å². The second-order valence-corrected chi connectivity index (χ2v) is 4.66. The minimum absolute atomic E-state index is 0.0776. The van der Waals surface area contributed by atoms with Crippen LogP contribution >= 0.6 is 0 Å². The molecule has 0 aliphatic carbocycles. The van der Waals surface area contributed by atoms with Gasteiger partial charge in [-0.25, -0.2) is 0 Å². The van der Waals surface area contributed by atoms with Crippen LogP contribution in [0.2, 0.25) is 0 Å². The highest BCUT2D eigenvalue weighted by molar-refractivity contribution is 5.87. The van der Waals surface area contributed by atoms with Gasteiger partial charge in [0.15, 0.2) is 0 Å². The molecule has 0 saturated heterocycles. The molecule has 0 saturated carbocycles. The Balaban J connectivity index is 3.89. The Bertz CT molecular complexity index is 241. The number of rotatable bonds is 7. The molecule has 5 heteroatoms. The molecule has 0 aromatic carbocycles. The summed E-state index contributed by atoms with van der Waals surface area (Å²) >= 11 is 0. The lowest BCUT2D eigenvalue weighted by atomic mass is 10.0. The van der Waals surface area contributed by atoms with Crippen LogP contribution in [0, 0.1) is 5.92 Å². The molecule has 5 nitrogen and oxygen atoms in total. The molecule has 0 aliphatic rings. The van der Waals surface area contributed by atoms with E-state index in [9.17, 15) is 9.59 Å². The maximum absolute atomic E-state index is 11.5. The standard InChI is InChI=1S/C11H23N3O2/c1-7(2)4-5-8(3)14-11(16)9(12)6-10(13)15/h7-9H,4-6,12H2,1-3H3,(H2,13,15)(H,14,16). The first kappa shape index (κ1) is 14.9. The Kier molecular flexibility index (Phi) is 6.72. The highest BCUT2D eigenvalue weighted by atomic mass is 16.2. The molecule has 2 amide bonds. The lowest BCUT2D eigenvalue weighted by Gasteiger charge is -2.17. The summed E-state index contributed by atoms with van der Waals surface area (Å²) in [7, 11) is 0. The summed E-state index contributed by atoms with van der Waals surface area (Å²) in [5.41, 5.74) is 10.5. The molecule has 0 aliphatic heterocycles. The average Bonchev–Trinajstić information content (AvgIpc) is 2.13. The van der Waals surface area contributed by atoms with Crippen molar-refractivity contribution in [3.63, 3.8) is 0 Å². The number of amides is 2. The molecular weight excluding hydrogens is 206 g/mol. The molecular formula is C11H23N3O2. The fourth-order valence-corrected chi connectivity index (χ4v) is 1.31. The van der Waals surface area contributed by atoms with Gasteiger partial charge in [-0.1, -0.05) is 13.8 Å². The van der Waals surface area contributed by atoms with Gasteiger partial charge in [-0.3, -0.25) is 9.59 Å². The van der Waals surface area contributed by atoms with Gasteiger partial charge in [0.1, 0.15) is 0 Å². The van der Waals surface area contributed by atoms with E-state index >= 15 is 0 Å². The number of carbonyl (C=O) groups excluding carboxylic acids is 2. The summed E-state index contributed by atoms with van der Waals surface area (Å²) in [6.07, 6.45) is 1.85. The zero-order chi connectivity index (χ0) is 12.7. The predicted molar refractivity (Wildman–Crippen MR) is 63.5 cm³/mol. The molecule has 0 aromatic rings. The molecule has 0 bridgehead atoms. The lowest BCUT2D eigenvalue weighted by Crippen LogP contribution is -2.46. The van der Waals surface area contributed by atoms with Gasteiger partial charge >= 0.3 is 0 Å². The predicted octanol–water partition coefficient (Wildman–Crippen LogP) is 0.130. The molecule has 0 rings (SSSR count). The maximum Gasteiger partial charge on any atom is 0.237 e. The van der Waals surface area contributed by atoms with Gasteiger partial charge in [-0.15, -0.1) is 0 Å². The van der Waals surface area contributed by atoms with Crippen molar-refractivity contribution in [1.82, 2.24) is 5.32 Å². The van der Waals surface area contributed by atoms with Crippen LogP contribution in [0.15, 0.2) is 0 Å². The molecule has 2 atom stereocenters. The average molecular weight is 229 g/mol. The maximum atomic E-state index is 11.5. The molecule has 0 fully saturated rings. The fraction of sp³-hybridized carbons (Fsp3) is 0.818. The molecule has 16 heavy (non-hydrogen) atoms. The molecule has 2 unspecified atom stereocenters. The van der Waals surface area contributed by atoms with Crippen LogP contribution in [0.1, 0.15) is 40.0 Å². The Labute approximate surface area is 96.9 Å². The van der Waals surface area contributed by atoms with Gasteiger partial charge in [0.05, 0.1) is 12.5 Å². The van der Waals surface area contributed by atoms with E-state index in [-0.39, 0.29) is 18.4 Å².